The van der Waals surface area contributed by atoms with Crippen LogP contribution < -0.4 is 5.73 Å². The number of benzene rings is 2. The normalized spacial score (nSPS) is 10.6. The second-order valence-electron chi connectivity index (χ2n) is 4.88. The molecule has 0 aliphatic carbocycles. The number of halogens is 1. The zero-order valence-corrected chi connectivity index (χ0v) is 11.8. The zero-order chi connectivity index (χ0) is 15.7. The van der Waals surface area contributed by atoms with E-state index < -0.39 is 5.91 Å². The van der Waals surface area contributed by atoms with E-state index in [0.717, 1.165) is 11.1 Å². The van der Waals surface area contributed by atoms with Crippen LogP contribution in [-0.2, 0) is 0 Å². The predicted molar refractivity (Wildman–Crippen MR) is 80.0 cm³/mol. The Balaban J connectivity index is 2.20. The molecule has 0 saturated carbocycles. The average Bonchev–Trinajstić information content (AvgIpc) is 2.93. The Morgan fingerprint density at radius 1 is 1.18 bits per heavy atom. The van der Waals surface area contributed by atoms with Crippen LogP contribution in [0.2, 0.25) is 0 Å². The first-order valence-corrected chi connectivity index (χ1v) is 6.64. The molecular weight excluding hydrogens is 283 g/mol. The van der Waals surface area contributed by atoms with Crippen molar-refractivity contribution in [1.82, 2.24) is 14.8 Å². The van der Waals surface area contributed by atoms with E-state index in [0.29, 0.717) is 11.5 Å². The van der Waals surface area contributed by atoms with E-state index in [1.54, 1.807) is 12.1 Å². The van der Waals surface area contributed by atoms with Crippen LogP contribution in [0.4, 0.5) is 4.39 Å². The molecule has 0 unspecified atom stereocenters. The summed E-state index contributed by atoms with van der Waals surface area (Å²) in [7, 11) is 0. The SMILES string of the molecule is Cc1cccc(-c2nc(C(N)=O)nn2-c2ccc(F)cc2)c1. The molecule has 0 saturated heterocycles. The van der Waals surface area contributed by atoms with Crippen LogP contribution in [0.1, 0.15) is 16.2 Å². The number of rotatable bonds is 3. The molecule has 1 aromatic heterocycles. The summed E-state index contributed by atoms with van der Waals surface area (Å²) in [5.41, 5.74) is 7.71. The zero-order valence-electron chi connectivity index (χ0n) is 11.8. The van der Waals surface area contributed by atoms with Crippen LogP contribution in [-0.4, -0.2) is 20.7 Å². The van der Waals surface area contributed by atoms with Crippen LogP contribution in [0, 0.1) is 12.7 Å². The van der Waals surface area contributed by atoms with E-state index >= 15 is 0 Å². The second kappa shape index (κ2) is 5.40. The molecule has 2 N–H and O–H groups in total. The second-order valence-corrected chi connectivity index (χ2v) is 4.88. The Morgan fingerprint density at radius 2 is 1.91 bits per heavy atom. The van der Waals surface area contributed by atoms with Crippen molar-refractivity contribution >= 4 is 5.91 Å². The van der Waals surface area contributed by atoms with Crippen molar-refractivity contribution in [3.63, 3.8) is 0 Å². The molecule has 2 aromatic carbocycles. The van der Waals surface area contributed by atoms with Crippen molar-refractivity contribution in [2.24, 2.45) is 5.73 Å². The molecule has 3 rings (SSSR count). The van der Waals surface area contributed by atoms with Gasteiger partial charge in [-0.15, -0.1) is 5.10 Å². The van der Waals surface area contributed by atoms with Gasteiger partial charge < -0.3 is 5.73 Å². The Bertz CT molecular complexity index is 840. The third-order valence-corrected chi connectivity index (χ3v) is 3.18. The monoisotopic (exact) mass is 296 g/mol. The fraction of sp³-hybridized carbons (Fsp3) is 0.0625. The number of nitrogens with zero attached hydrogens (tertiary/aromatic N) is 3. The number of primary amides is 1. The van der Waals surface area contributed by atoms with Crippen LogP contribution in [0.25, 0.3) is 17.1 Å². The standard InChI is InChI=1S/C16H13FN4O/c1-10-3-2-4-11(9-10)16-19-15(14(18)22)20-21(16)13-7-5-12(17)6-8-13/h2-9H,1H3,(H2,18,22). The van der Waals surface area contributed by atoms with E-state index in [1.807, 2.05) is 31.2 Å². The fourth-order valence-electron chi connectivity index (χ4n) is 2.15. The van der Waals surface area contributed by atoms with Crippen molar-refractivity contribution in [2.75, 3.05) is 0 Å². The van der Waals surface area contributed by atoms with E-state index in [1.165, 1.54) is 16.8 Å². The van der Waals surface area contributed by atoms with Gasteiger partial charge in [0.15, 0.2) is 5.82 Å². The van der Waals surface area contributed by atoms with Crippen molar-refractivity contribution in [1.29, 1.82) is 0 Å². The molecule has 6 heteroatoms. The highest BCUT2D eigenvalue weighted by atomic mass is 19.1. The minimum atomic E-state index is -0.713. The predicted octanol–water partition coefficient (Wildman–Crippen LogP) is 2.48. The summed E-state index contributed by atoms with van der Waals surface area (Å²) in [5, 5.41) is 4.12. The Labute approximate surface area is 126 Å². The molecule has 22 heavy (non-hydrogen) atoms. The number of hydrogen-bond acceptors (Lipinski definition) is 3. The third-order valence-electron chi connectivity index (χ3n) is 3.18. The average molecular weight is 296 g/mol. The first-order valence-electron chi connectivity index (χ1n) is 6.64. The van der Waals surface area contributed by atoms with Gasteiger partial charge in [0, 0.05) is 5.56 Å². The molecule has 5 nitrogen and oxygen atoms in total. The van der Waals surface area contributed by atoms with Crippen molar-refractivity contribution in [3.8, 4) is 17.1 Å². The van der Waals surface area contributed by atoms with Gasteiger partial charge in [0.05, 0.1) is 5.69 Å². The topological polar surface area (TPSA) is 73.8 Å². The lowest BCUT2D eigenvalue weighted by molar-refractivity contribution is 0.0990. The van der Waals surface area contributed by atoms with E-state index in [-0.39, 0.29) is 11.6 Å². The van der Waals surface area contributed by atoms with Gasteiger partial charge in [-0.3, -0.25) is 4.79 Å². The van der Waals surface area contributed by atoms with Crippen molar-refractivity contribution in [2.45, 2.75) is 6.92 Å². The van der Waals surface area contributed by atoms with Gasteiger partial charge >= 0.3 is 0 Å². The summed E-state index contributed by atoms with van der Waals surface area (Å²) in [6, 6.07) is 13.4. The molecule has 0 spiro atoms. The molecule has 0 fully saturated rings. The minimum Gasteiger partial charge on any atom is -0.363 e. The minimum absolute atomic E-state index is 0.0826. The summed E-state index contributed by atoms with van der Waals surface area (Å²) >= 11 is 0. The van der Waals surface area contributed by atoms with E-state index in [9.17, 15) is 9.18 Å². The van der Waals surface area contributed by atoms with Crippen LogP contribution in [0.3, 0.4) is 0 Å². The molecule has 0 aliphatic rings. The summed E-state index contributed by atoms with van der Waals surface area (Å²) < 4.78 is 14.6. The summed E-state index contributed by atoms with van der Waals surface area (Å²) in [6.45, 7) is 1.96. The largest absolute Gasteiger partial charge is 0.363 e. The lowest BCUT2D eigenvalue weighted by atomic mass is 10.1. The van der Waals surface area contributed by atoms with Gasteiger partial charge in [-0.25, -0.2) is 14.1 Å². The van der Waals surface area contributed by atoms with Gasteiger partial charge in [-0.05, 0) is 37.3 Å². The van der Waals surface area contributed by atoms with Crippen LogP contribution in [0.15, 0.2) is 48.5 Å². The first-order chi connectivity index (χ1) is 10.5. The highest BCUT2D eigenvalue weighted by Gasteiger charge is 2.16. The summed E-state index contributed by atoms with van der Waals surface area (Å²) in [4.78, 5) is 15.6. The van der Waals surface area contributed by atoms with Crippen molar-refractivity contribution < 1.29 is 9.18 Å². The number of carbonyl (C=O) groups is 1. The fourth-order valence-corrected chi connectivity index (χ4v) is 2.15. The van der Waals surface area contributed by atoms with Crippen LogP contribution in [0.5, 0.6) is 0 Å². The molecule has 1 heterocycles. The molecule has 110 valence electrons. The maximum atomic E-state index is 13.1. The Hall–Kier alpha value is -3.02. The highest BCUT2D eigenvalue weighted by molar-refractivity contribution is 5.89. The molecule has 0 radical (unpaired) electrons. The quantitative estimate of drug-likeness (QED) is 0.807. The molecular formula is C16H13FN4O. The summed E-state index contributed by atoms with van der Waals surface area (Å²) in [5.74, 6) is -0.671. The van der Waals surface area contributed by atoms with Gasteiger partial charge in [-0.1, -0.05) is 23.8 Å². The number of aryl methyl sites for hydroxylation is 1. The van der Waals surface area contributed by atoms with Crippen molar-refractivity contribution in [3.05, 3.63) is 65.7 Å². The lowest BCUT2D eigenvalue weighted by Crippen LogP contribution is -2.13. The van der Waals surface area contributed by atoms with Gasteiger partial charge in [0.1, 0.15) is 5.82 Å². The third kappa shape index (κ3) is 2.58. The number of carbonyl (C=O) groups excluding carboxylic acids is 1. The summed E-state index contributed by atoms with van der Waals surface area (Å²) in [6.07, 6.45) is 0. The molecule has 1 amide bonds. The van der Waals surface area contributed by atoms with Gasteiger partial charge in [0.2, 0.25) is 5.82 Å². The van der Waals surface area contributed by atoms with Crippen LogP contribution >= 0.6 is 0 Å². The van der Waals surface area contributed by atoms with Gasteiger partial charge in [0.25, 0.3) is 5.91 Å². The molecule has 0 atom stereocenters. The molecule has 3 aromatic rings. The maximum Gasteiger partial charge on any atom is 0.288 e. The highest BCUT2D eigenvalue weighted by Crippen LogP contribution is 2.22. The number of hydrogen-bond donors (Lipinski definition) is 1. The van der Waals surface area contributed by atoms with E-state index in [4.69, 9.17) is 5.73 Å². The maximum absolute atomic E-state index is 13.1. The smallest absolute Gasteiger partial charge is 0.288 e. The molecule has 0 bridgehead atoms. The van der Waals surface area contributed by atoms with Gasteiger partial charge in [-0.2, -0.15) is 0 Å². The van der Waals surface area contributed by atoms with E-state index in [2.05, 4.69) is 10.1 Å². The number of nitrogens with two attached hydrogens (primary N) is 1. The number of aromatic nitrogens is 3. The number of amides is 1. The Morgan fingerprint density at radius 3 is 2.55 bits per heavy atom. The lowest BCUT2D eigenvalue weighted by Gasteiger charge is -2.06. The molecule has 0 aliphatic heterocycles. The first kappa shape index (κ1) is 13.9. The Kier molecular flexibility index (Phi) is 3.42.